The van der Waals surface area contributed by atoms with Crippen molar-refractivity contribution in [2.24, 2.45) is 5.73 Å². The molecule has 0 bridgehead atoms. The van der Waals surface area contributed by atoms with Crippen LogP contribution in [-0.2, 0) is 0 Å². The highest BCUT2D eigenvalue weighted by atomic mass is 32.1. The first kappa shape index (κ1) is 14.3. The molecule has 1 aliphatic rings. The Labute approximate surface area is 120 Å². The molecule has 1 fully saturated rings. The van der Waals surface area contributed by atoms with Crippen LogP contribution in [-0.4, -0.2) is 29.6 Å². The van der Waals surface area contributed by atoms with E-state index in [2.05, 4.69) is 17.0 Å². The summed E-state index contributed by atoms with van der Waals surface area (Å²) < 4.78 is 5.47. The van der Waals surface area contributed by atoms with E-state index in [9.17, 15) is 0 Å². The fourth-order valence-corrected chi connectivity index (χ4v) is 2.93. The lowest BCUT2D eigenvalue weighted by atomic mass is 10.0. The molecule has 0 radical (unpaired) electrons. The van der Waals surface area contributed by atoms with Crippen molar-refractivity contribution in [2.75, 3.05) is 19.7 Å². The molecule has 1 heterocycles. The Morgan fingerprint density at radius 3 is 2.42 bits per heavy atom. The summed E-state index contributed by atoms with van der Waals surface area (Å²) in [7, 11) is 0. The number of nitrogens with two attached hydrogens (primary N) is 1. The highest BCUT2D eigenvalue weighted by Gasteiger charge is 2.24. The standard InChI is InChI=1S/C15H22N2OS/c1-2-18-13-8-6-12(7-9-13)14(15(16)19)17-10-4-3-5-11-17/h6-9,14H,2-5,10-11H2,1H3,(H2,16,19). The summed E-state index contributed by atoms with van der Waals surface area (Å²) in [6, 6.07) is 8.19. The number of hydrogen-bond donors (Lipinski definition) is 1. The number of thiocarbonyl (C=S) groups is 1. The average Bonchev–Trinajstić information content (AvgIpc) is 2.42. The van der Waals surface area contributed by atoms with Gasteiger partial charge in [-0.3, -0.25) is 4.90 Å². The van der Waals surface area contributed by atoms with Gasteiger partial charge >= 0.3 is 0 Å². The predicted octanol–water partition coefficient (Wildman–Crippen LogP) is 2.90. The van der Waals surface area contributed by atoms with Gasteiger partial charge in [-0.1, -0.05) is 30.8 Å². The number of ether oxygens (including phenoxy) is 1. The number of benzene rings is 1. The molecule has 0 aromatic heterocycles. The number of hydrogen-bond acceptors (Lipinski definition) is 3. The molecule has 0 saturated carbocycles. The van der Waals surface area contributed by atoms with Crippen LogP contribution in [0.4, 0.5) is 0 Å². The summed E-state index contributed by atoms with van der Waals surface area (Å²) in [4.78, 5) is 2.95. The fraction of sp³-hybridized carbons (Fsp3) is 0.533. The van der Waals surface area contributed by atoms with Gasteiger partial charge in [-0.05, 0) is 50.6 Å². The Balaban J connectivity index is 2.15. The van der Waals surface area contributed by atoms with E-state index in [0.717, 1.165) is 24.4 Å². The third-order valence-electron chi connectivity index (χ3n) is 3.53. The number of nitrogens with zero attached hydrogens (tertiary/aromatic N) is 1. The van der Waals surface area contributed by atoms with Crippen LogP contribution in [0.3, 0.4) is 0 Å². The van der Waals surface area contributed by atoms with Crippen molar-refractivity contribution in [1.82, 2.24) is 4.90 Å². The summed E-state index contributed by atoms with van der Waals surface area (Å²) in [6.07, 6.45) is 3.77. The summed E-state index contributed by atoms with van der Waals surface area (Å²) in [5, 5.41) is 0. The maximum atomic E-state index is 5.95. The second-order valence-electron chi connectivity index (χ2n) is 4.90. The SMILES string of the molecule is CCOc1ccc(C(C(N)=S)N2CCCCC2)cc1. The zero-order valence-corrected chi connectivity index (χ0v) is 12.3. The van der Waals surface area contributed by atoms with Crippen molar-refractivity contribution in [3.8, 4) is 5.75 Å². The van der Waals surface area contributed by atoms with Gasteiger partial charge in [-0.15, -0.1) is 0 Å². The highest BCUT2D eigenvalue weighted by molar-refractivity contribution is 7.80. The summed E-state index contributed by atoms with van der Waals surface area (Å²) in [6.45, 7) is 4.83. The van der Waals surface area contributed by atoms with E-state index < -0.39 is 0 Å². The largest absolute Gasteiger partial charge is 0.494 e. The van der Waals surface area contributed by atoms with E-state index in [0.29, 0.717) is 11.6 Å². The second-order valence-corrected chi connectivity index (χ2v) is 5.37. The van der Waals surface area contributed by atoms with Gasteiger partial charge in [-0.2, -0.15) is 0 Å². The molecule has 1 saturated heterocycles. The molecule has 19 heavy (non-hydrogen) atoms. The van der Waals surface area contributed by atoms with Crippen LogP contribution in [0.25, 0.3) is 0 Å². The maximum Gasteiger partial charge on any atom is 0.119 e. The molecule has 2 N–H and O–H groups in total. The Morgan fingerprint density at radius 2 is 1.89 bits per heavy atom. The van der Waals surface area contributed by atoms with Crippen molar-refractivity contribution in [2.45, 2.75) is 32.2 Å². The van der Waals surface area contributed by atoms with E-state index >= 15 is 0 Å². The fourth-order valence-electron chi connectivity index (χ4n) is 2.64. The number of likely N-dealkylation sites (tertiary alicyclic amines) is 1. The van der Waals surface area contributed by atoms with E-state index in [4.69, 9.17) is 22.7 Å². The van der Waals surface area contributed by atoms with E-state index in [1.165, 1.54) is 19.3 Å². The highest BCUT2D eigenvalue weighted by Crippen LogP contribution is 2.26. The van der Waals surface area contributed by atoms with E-state index in [-0.39, 0.29) is 6.04 Å². The molecular weight excluding hydrogens is 256 g/mol. The molecule has 0 aliphatic carbocycles. The minimum Gasteiger partial charge on any atom is -0.494 e. The Morgan fingerprint density at radius 1 is 1.26 bits per heavy atom. The molecule has 1 aromatic carbocycles. The Kier molecular flexibility index (Phi) is 5.16. The van der Waals surface area contributed by atoms with Crippen LogP contribution < -0.4 is 10.5 Å². The Hall–Kier alpha value is -1.13. The second kappa shape index (κ2) is 6.87. The van der Waals surface area contributed by atoms with Crippen molar-refractivity contribution in [3.05, 3.63) is 29.8 Å². The van der Waals surface area contributed by atoms with Gasteiger partial charge in [0.05, 0.1) is 17.6 Å². The van der Waals surface area contributed by atoms with E-state index in [1.807, 2.05) is 19.1 Å². The Bertz CT molecular complexity index is 413. The minimum atomic E-state index is 0.0611. The first-order chi connectivity index (χ1) is 9.22. The van der Waals surface area contributed by atoms with Gasteiger partial charge in [0.1, 0.15) is 5.75 Å². The van der Waals surface area contributed by atoms with Crippen LogP contribution in [0.5, 0.6) is 5.75 Å². The maximum absolute atomic E-state index is 5.95. The monoisotopic (exact) mass is 278 g/mol. The summed E-state index contributed by atoms with van der Waals surface area (Å²) in [5.74, 6) is 0.895. The molecule has 0 amide bonds. The first-order valence-corrected chi connectivity index (χ1v) is 7.39. The predicted molar refractivity (Wildman–Crippen MR) is 82.6 cm³/mol. The number of piperidine rings is 1. The van der Waals surface area contributed by atoms with Gasteiger partial charge in [0.25, 0.3) is 0 Å². The van der Waals surface area contributed by atoms with Gasteiger partial charge in [0.2, 0.25) is 0 Å². The average molecular weight is 278 g/mol. The number of rotatable bonds is 5. The molecule has 4 heteroatoms. The van der Waals surface area contributed by atoms with Crippen LogP contribution in [0, 0.1) is 0 Å². The molecule has 104 valence electrons. The normalized spacial score (nSPS) is 17.9. The lowest BCUT2D eigenvalue weighted by Gasteiger charge is -2.34. The van der Waals surface area contributed by atoms with Gasteiger partial charge in [-0.25, -0.2) is 0 Å². The first-order valence-electron chi connectivity index (χ1n) is 6.98. The van der Waals surface area contributed by atoms with Crippen molar-refractivity contribution in [3.63, 3.8) is 0 Å². The van der Waals surface area contributed by atoms with Crippen molar-refractivity contribution < 1.29 is 4.74 Å². The van der Waals surface area contributed by atoms with Crippen LogP contribution in [0.1, 0.15) is 37.8 Å². The molecule has 1 aliphatic heterocycles. The van der Waals surface area contributed by atoms with Crippen LogP contribution >= 0.6 is 12.2 Å². The lowest BCUT2D eigenvalue weighted by molar-refractivity contribution is 0.203. The van der Waals surface area contributed by atoms with Crippen LogP contribution in [0.15, 0.2) is 24.3 Å². The summed E-state index contributed by atoms with van der Waals surface area (Å²) in [5.41, 5.74) is 7.12. The van der Waals surface area contributed by atoms with Crippen molar-refractivity contribution >= 4 is 17.2 Å². The molecule has 3 nitrogen and oxygen atoms in total. The van der Waals surface area contributed by atoms with Gasteiger partial charge < -0.3 is 10.5 Å². The van der Waals surface area contributed by atoms with Gasteiger partial charge in [0, 0.05) is 0 Å². The molecular formula is C15H22N2OS. The lowest BCUT2D eigenvalue weighted by Crippen LogP contribution is -2.40. The smallest absolute Gasteiger partial charge is 0.119 e. The van der Waals surface area contributed by atoms with Gasteiger partial charge in [0.15, 0.2) is 0 Å². The minimum absolute atomic E-state index is 0.0611. The third kappa shape index (κ3) is 3.67. The molecule has 0 spiro atoms. The molecule has 1 unspecified atom stereocenters. The van der Waals surface area contributed by atoms with Crippen LogP contribution in [0.2, 0.25) is 0 Å². The van der Waals surface area contributed by atoms with Crippen molar-refractivity contribution in [1.29, 1.82) is 0 Å². The summed E-state index contributed by atoms with van der Waals surface area (Å²) >= 11 is 5.27. The zero-order chi connectivity index (χ0) is 13.7. The topological polar surface area (TPSA) is 38.5 Å². The molecule has 2 rings (SSSR count). The zero-order valence-electron chi connectivity index (χ0n) is 11.5. The third-order valence-corrected chi connectivity index (χ3v) is 3.76. The molecule has 1 atom stereocenters. The molecule has 1 aromatic rings. The quantitative estimate of drug-likeness (QED) is 0.841. The van der Waals surface area contributed by atoms with E-state index in [1.54, 1.807) is 0 Å².